The summed E-state index contributed by atoms with van der Waals surface area (Å²) in [5, 5.41) is 0. The van der Waals surface area contributed by atoms with Crippen molar-refractivity contribution < 1.29 is 37.6 Å². The van der Waals surface area contributed by atoms with E-state index in [1.54, 1.807) is 6.92 Å². The first-order valence-corrected chi connectivity index (χ1v) is 9.38. The molecule has 0 rings (SSSR count). The Hall–Kier alpha value is -1.25. The van der Waals surface area contributed by atoms with Gasteiger partial charge in [-0.1, -0.05) is 20.4 Å². The molecule has 0 aliphatic rings. The second kappa shape index (κ2) is 12.2. The third kappa shape index (κ3) is 11.9. The molecule has 0 spiro atoms. The van der Waals surface area contributed by atoms with Gasteiger partial charge in [-0.2, -0.15) is 0 Å². The minimum Gasteiger partial charge on any atom is -0.756 e. The number of hydrogen-bond acceptors (Lipinski definition) is 9. The average Bonchev–Trinajstić information content (AvgIpc) is 2.56. The maximum Gasteiger partial charge on any atom is 0.333 e. The molecule has 0 saturated carbocycles. The Morgan fingerprint density at radius 2 is 1.88 bits per heavy atom. The van der Waals surface area contributed by atoms with Crippen molar-refractivity contribution in [1.29, 1.82) is 0 Å². The van der Waals surface area contributed by atoms with Gasteiger partial charge in [0.2, 0.25) is 0 Å². The van der Waals surface area contributed by atoms with E-state index in [2.05, 4.69) is 6.58 Å². The molecule has 0 bridgehead atoms. The van der Waals surface area contributed by atoms with E-state index >= 15 is 0 Å². The monoisotopic (exact) mass is 380 g/mol. The number of phosphoric acid groups is 1. The number of carbonyl (C=O) groups excluding carboxylic acids is 2. The van der Waals surface area contributed by atoms with Gasteiger partial charge >= 0.3 is 11.9 Å². The largest absolute Gasteiger partial charge is 0.756 e. The fourth-order valence-electron chi connectivity index (χ4n) is 1.36. The van der Waals surface area contributed by atoms with E-state index in [4.69, 9.17) is 18.5 Å². The molecule has 0 aromatic heterocycles. The first-order valence-electron chi connectivity index (χ1n) is 7.92. The molecule has 0 fully saturated rings. The molecular formula is C15H27NO8P-. The molecule has 0 aliphatic heterocycles. The van der Waals surface area contributed by atoms with Crippen LogP contribution in [0.5, 0.6) is 0 Å². The van der Waals surface area contributed by atoms with Crippen LogP contribution >= 0.6 is 7.82 Å². The number of rotatable bonds is 13. The van der Waals surface area contributed by atoms with Crippen molar-refractivity contribution in [2.45, 2.75) is 33.3 Å². The standard InChI is InChI=1S/C15H28NO8P/c1-6-14(17)24-13(10-21-15(18)12(3)4)11-23-25(19,20)22-9-8-16(5)7-2/h13H,3,6-11H2,1-2,4-5H3,(H,19,20)/p-1. The number of esters is 2. The Kier molecular flexibility index (Phi) is 11.6. The van der Waals surface area contributed by atoms with Gasteiger partial charge in [0, 0.05) is 18.5 Å². The molecule has 9 nitrogen and oxygen atoms in total. The molecular weight excluding hydrogens is 353 g/mol. The molecule has 0 saturated heterocycles. The fraction of sp³-hybridized carbons (Fsp3) is 0.733. The SMILES string of the molecule is C=C(C)C(=O)OCC(COP(=O)([O-])OCCN(C)CC)OC(=O)CC. The predicted octanol–water partition coefficient (Wildman–Crippen LogP) is 0.881. The van der Waals surface area contributed by atoms with E-state index in [1.165, 1.54) is 6.92 Å². The van der Waals surface area contributed by atoms with Gasteiger partial charge in [-0.25, -0.2) is 4.79 Å². The van der Waals surface area contributed by atoms with Crippen molar-refractivity contribution in [3.05, 3.63) is 12.2 Å². The van der Waals surface area contributed by atoms with Crippen molar-refractivity contribution in [3.63, 3.8) is 0 Å². The first kappa shape index (κ1) is 23.8. The Morgan fingerprint density at radius 1 is 1.24 bits per heavy atom. The minimum absolute atomic E-state index is 0.0603. The van der Waals surface area contributed by atoms with Gasteiger partial charge in [-0.15, -0.1) is 0 Å². The fourth-order valence-corrected chi connectivity index (χ4v) is 2.08. The zero-order chi connectivity index (χ0) is 19.5. The third-order valence-electron chi connectivity index (χ3n) is 3.02. The lowest BCUT2D eigenvalue weighted by molar-refractivity contribution is -0.228. The summed E-state index contributed by atoms with van der Waals surface area (Å²) >= 11 is 0. The Balaban J connectivity index is 4.51. The van der Waals surface area contributed by atoms with Crippen LogP contribution in [0.3, 0.4) is 0 Å². The molecule has 2 atom stereocenters. The summed E-state index contributed by atoms with van der Waals surface area (Å²) in [6.07, 6.45) is -0.986. The van der Waals surface area contributed by atoms with Crippen LogP contribution in [0.15, 0.2) is 12.2 Å². The highest BCUT2D eigenvalue weighted by Crippen LogP contribution is 2.38. The molecule has 10 heteroatoms. The van der Waals surface area contributed by atoms with E-state index in [0.717, 1.165) is 6.54 Å². The zero-order valence-electron chi connectivity index (χ0n) is 15.2. The molecule has 0 aromatic rings. The number of likely N-dealkylation sites (N-methyl/N-ethyl adjacent to an activating group) is 1. The lowest BCUT2D eigenvalue weighted by Crippen LogP contribution is -2.30. The van der Waals surface area contributed by atoms with Gasteiger partial charge in [-0.05, 0) is 20.5 Å². The van der Waals surface area contributed by atoms with Crippen molar-refractivity contribution in [2.24, 2.45) is 0 Å². The van der Waals surface area contributed by atoms with E-state index in [-0.39, 0.29) is 25.2 Å². The highest BCUT2D eigenvalue weighted by Gasteiger charge is 2.20. The van der Waals surface area contributed by atoms with E-state index in [9.17, 15) is 19.0 Å². The molecule has 0 heterocycles. The van der Waals surface area contributed by atoms with Gasteiger partial charge in [0.1, 0.15) is 6.61 Å². The van der Waals surface area contributed by atoms with Crippen LogP contribution in [0.1, 0.15) is 27.2 Å². The maximum absolute atomic E-state index is 11.7. The van der Waals surface area contributed by atoms with Gasteiger partial charge in [0.05, 0.1) is 13.2 Å². The van der Waals surface area contributed by atoms with Crippen molar-refractivity contribution in [1.82, 2.24) is 4.90 Å². The lowest BCUT2D eigenvalue weighted by Gasteiger charge is -2.26. The Labute approximate surface area is 148 Å². The topological polar surface area (TPSA) is 114 Å². The predicted molar refractivity (Wildman–Crippen MR) is 88.6 cm³/mol. The van der Waals surface area contributed by atoms with Crippen LogP contribution in [-0.2, 0) is 32.7 Å². The van der Waals surface area contributed by atoms with Gasteiger partial charge in [-0.3, -0.25) is 9.36 Å². The lowest BCUT2D eigenvalue weighted by atomic mass is 10.3. The smallest absolute Gasteiger partial charge is 0.333 e. The highest BCUT2D eigenvalue weighted by atomic mass is 31.2. The summed E-state index contributed by atoms with van der Waals surface area (Å²) in [7, 11) is -2.74. The number of phosphoric ester groups is 1. The van der Waals surface area contributed by atoms with Crippen molar-refractivity contribution in [3.8, 4) is 0 Å². The van der Waals surface area contributed by atoms with E-state index < -0.39 is 32.5 Å². The summed E-state index contributed by atoms with van der Waals surface area (Å²) in [5.74, 6) is -1.26. The molecule has 0 amide bonds. The second-order valence-electron chi connectivity index (χ2n) is 5.32. The molecule has 0 aliphatic carbocycles. The van der Waals surface area contributed by atoms with Crippen LogP contribution in [0.25, 0.3) is 0 Å². The molecule has 25 heavy (non-hydrogen) atoms. The number of nitrogens with zero attached hydrogens (tertiary/aromatic N) is 1. The minimum atomic E-state index is -4.56. The van der Waals surface area contributed by atoms with Crippen LogP contribution in [0.2, 0.25) is 0 Å². The zero-order valence-corrected chi connectivity index (χ0v) is 16.1. The third-order valence-corrected chi connectivity index (χ3v) is 3.98. The van der Waals surface area contributed by atoms with Crippen LogP contribution in [-0.4, -0.2) is 62.9 Å². The van der Waals surface area contributed by atoms with Gasteiger partial charge in [0.15, 0.2) is 6.10 Å². The number of hydrogen-bond donors (Lipinski definition) is 0. The molecule has 0 radical (unpaired) electrons. The van der Waals surface area contributed by atoms with Crippen LogP contribution in [0, 0.1) is 0 Å². The Bertz CT molecular complexity index is 496. The summed E-state index contributed by atoms with van der Waals surface area (Å²) in [6.45, 7) is 8.61. The van der Waals surface area contributed by atoms with E-state index in [0.29, 0.717) is 6.54 Å². The summed E-state index contributed by atoms with van der Waals surface area (Å²) in [6, 6.07) is 0. The van der Waals surface area contributed by atoms with Gasteiger partial charge < -0.3 is 28.3 Å². The average molecular weight is 380 g/mol. The van der Waals surface area contributed by atoms with Crippen LogP contribution in [0.4, 0.5) is 0 Å². The Morgan fingerprint density at radius 3 is 2.40 bits per heavy atom. The first-order chi connectivity index (χ1) is 11.6. The van der Waals surface area contributed by atoms with Crippen molar-refractivity contribution >= 4 is 19.8 Å². The maximum atomic E-state index is 11.7. The quantitative estimate of drug-likeness (QED) is 0.261. The molecule has 0 N–H and O–H groups in total. The normalized spacial score (nSPS) is 14.6. The van der Waals surface area contributed by atoms with Crippen molar-refractivity contribution in [2.75, 3.05) is 40.0 Å². The number of carbonyl (C=O) groups is 2. The van der Waals surface area contributed by atoms with Crippen LogP contribution < -0.4 is 4.89 Å². The molecule has 0 aromatic carbocycles. The summed E-state index contributed by atoms with van der Waals surface area (Å²) in [5.41, 5.74) is 0.166. The molecule has 146 valence electrons. The summed E-state index contributed by atoms with van der Waals surface area (Å²) in [4.78, 5) is 36.3. The molecule has 2 unspecified atom stereocenters. The highest BCUT2D eigenvalue weighted by molar-refractivity contribution is 7.45. The summed E-state index contributed by atoms with van der Waals surface area (Å²) < 4.78 is 31.0. The second-order valence-corrected chi connectivity index (χ2v) is 6.73. The number of ether oxygens (including phenoxy) is 2. The van der Waals surface area contributed by atoms with E-state index in [1.807, 2.05) is 18.9 Å². The van der Waals surface area contributed by atoms with Gasteiger partial charge in [0.25, 0.3) is 7.82 Å².